The van der Waals surface area contributed by atoms with Crippen molar-refractivity contribution >= 4 is 22.8 Å². The van der Waals surface area contributed by atoms with Crippen LogP contribution in [-0.2, 0) is 11.2 Å². The van der Waals surface area contributed by atoms with Gasteiger partial charge in [0, 0.05) is 36.2 Å². The van der Waals surface area contributed by atoms with Gasteiger partial charge in [0.1, 0.15) is 0 Å². The summed E-state index contributed by atoms with van der Waals surface area (Å²) in [5.41, 5.74) is 3.64. The van der Waals surface area contributed by atoms with Crippen LogP contribution in [0.2, 0.25) is 0 Å². The van der Waals surface area contributed by atoms with Crippen molar-refractivity contribution in [3.8, 4) is 0 Å². The molecule has 1 aromatic heterocycles. The van der Waals surface area contributed by atoms with E-state index in [4.69, 9.17) is 0 Å². The average molecular weight is 300 g/mol. The number of benzene rings is 1. The summed E-state index contributed by atoms with van der Waals surface area (Å²) in [5, 5.41) is 5.95. The van der Waals surface area contributed by atoms with Crippen molar-refractivity contribution in [2.45, 2.75) is 19.4 Å². The number of hydrogen-bond donors (Lipinski definition) is 3. The quantitative estimate of drug-likeness (QED) is 0.787. The summed E-state index contributed by atoms with van der Waals surface area (Å²) in [6, 6.07) is 7.91. The van der Waals surface area contributed by atoms with Gasteiger partial charge in [0.05, 0.1) is 6.54 Å². The maximum Gasteiger partial charge on any atom is 0.321 e. The van der Waals surface area contributed by atoms with Gasteiger partial charge in [0.15, 0.2) is 0 Å². The molecular weight excluding hydrogens is 280 g/mol. The van der Waals surface area contributed by atoms with Crippen LogP contribution in [0.3, 0.4) is 0 Å². The van der Waals surface area contributed by atoms with Gasteiger partial charge in [0.2, 0.25) is 5.91 Å². The number of hydrogen-bond acceptors (Lipinski definition) is 3. The van der Waals surface area contributed by atoms with Crippen molar-refractivity contribution < 1.29 is 9.59 Å². The number of aromatic nitrogens is 1. The lowest BCUT2D eigenvalue weighted by molar-refractivity contribution is -0.121. The average Bonchev–Trinajstić information content (AvgIpc) is 2.89. The lowest BCUT2D eigenvalue weighted by Crippen LogP contribution is -2.45. The third-order valence-corrected chi connectivity index (χ3v) is 4.29. The van der Waals surface area contributed by atoms with Crippen LogP contribution in [0.4, 0.5) is 4.79 Å². The first-order valence-corrected chi connectivity index (χ1v) is 7.45. The fourth-order valence-corrected chi connectivity index (χ4v) is 3.11. The van der Waals surface area contributed by atoms with E-state index in [2.05, 4.69) is 39.6 Å². The Kier molecular flexibility index (Phi) is 3.85. The maximum absolute atomic E-state index is 11.9. The van der Waals surface area contributed by atoms with Crippen LogP contribution in [0.5, 0.6) is 0 Å². The van der Waals surface area contributed by atoms with Crippen LogP contribution >= 0.6 is 0 Å². The van der Waals surface area contributed by atoms with Gasteiger partial charge < -0.3 is 10.3 Å². The first-order chi connectivity index (χ1) is 10.6. The standard InChI is InChI=1S/C16H20N4O2/c1-10-15-12(11-5-3-4-6-13(11)18-15)7-8-20(10)9-14(21)19-16(22)17-2/h3-6,10,18H,7-9H2,1-2H3,(H2,17,19,21,22). The zero-order valence-corrected chi connectivity index (χ0v) is 12.8. The zero-order valence-electron chi connectivity index (χ0n) is 12.8. The van der Waals surface area contributed by atoms with E-state index in [1.165, 1.54) is 23.7 Å². The molecule has 6 nitrogen and oxygen atoms in total. The molecule has 116 valence electrons. The van der Waals surface area contributed by atoms with Crippen LogP contribution in [0.1, 0.15) is 24.2 Å². The number of H-pyrrole nitrogens is 1. The molecule has 6 heteroatoms. The summed E-state index contributed by atoms with van der Waals surface area (Å²) in [6.07, 6.45) is 0.900. The number of fused-ring (bicyclic) bond motifs is 3. The van der Waals surface area contributed by atoms with Gasteiger partial charge in [-0.15, -0.1) is 0 Å². The molecule has 0 aliphatic carbocycles. The van der Waals surface area contributed by atoms with Gasteiger partial charge in [0.25, 0.3) is 0 Å². The van der Waals surface area contributed by atoms with E-state index in [-0.39, 0.29) is 18.5 Å². The number of imide groups is 1. The fraction of sp³-hybridized carbons (Fsp3) is 0.375. The summed E-state index contributed by atoms with van der Waals surface area (Å²) in [4.78, 5) is 28.6. The lowest BCUT2D eigenvalue weighted by atomic mass is 9.98. The molecular formula is C16H20N4O2. The molecule has 1 aliphatic heterocycles. The van der Waals surface area contributed by atoms with Gasteiger partial charge in [-0.3, -0.25) is 15.0 Å². The highest BCUT2D eigenvalue weighted by molar-refractivity contribution is 5.95. The third kappa shape index (κ3) is 2.57. The molecule has 0 bridgehead atoms. The van der Waals surface area contributed by atoms with E-state index in [1.54, 1.807) is 0 Å². The van der Waals surface area contributed by atoms with Crippen LogP contribution in [0.15, 0.2) is 24.3 Å². The molecule has 0 fully saturated rings. The summed E-state index contributed by atoms with van der Waals surface area (Å²) >= 11 is 0. The third-order valence-electron chi connectivity index (χ3n) is 4.29. The van der Waals surface area contributed by atoms with E-state index in [0.29, 0.717) is 0 Å². The lowest BCUT2D eigenvalue weighted by Gasteiger charge is -2.32. The zero-order chi connectivity index (χ0) is 15.7. The van der Waals surface area contributed by atoms with Crippen molar-refractivity contribution in [3.63, 3.8) is 0 Å². The maximum atomic E-state index is 11.9. The van der Waals surface area contributed by atoms with Crippen molar-refractivity contribution in [1.82, 2.24) is 20.5 Å². The second-order valence-corrected chi connectivity index (χ2v) is 5.59. The number of rotatable bonds is 2. The van der Waals surface area contributed by atoms with Crippen molar-refractivity contribution in [2.75, 3.05) is 20.1 Å². The fourth-order valence-electron chi connectivity index (χ4n) is 3.11. The monoisotopic (exact) mass is 300 g/mol. The molecule has 1 aromatic carbocycles. The first kappa shape index (κ1) is 14.6. The second-order valence-electron chi connectivity index (χ2n) is 5.59. The topological polar surface area (TPSA) is 77.2 Å². The Hall–Kier alpha value is -2.34. The van der Waals surface area contributed by atoms with E-state index >= 15 is 0 Å². The SMILES string of the molecule is CNC(=O)NC(=O)CN1CCc2c([nH]c3ccccc23)C1C. The minimum atomic E-state index is -0.471. The summed E-state index contributed by atoms with van der Waals surface area (Å²) < 4.78 is 0. The molecule has 3 amide bonds. The Morgan fingerprint density at radius 1 is 1.36 bits per heavy atom. The van der Waals surface area contributed by atoms with Gasteiger partial charge in [-0.05, 0) is 25.0 Å². The molecule has 0 radical (unpaired) electrons. The Morgan fingerprint density at radius 2 is 2.14 bits per heavy atom. The van der Waals surface area contributed by atoms with E-state index < -0.39 is 6.03 Å². The van der Waals surface area contributed by atoms with E-state index in [0.717, 1.165) is 18.5 Å². The number of aromatic amines is 1. The molecule has 0 saturated heterocycles. The summed E-state index contributed by atoms with van der Waals surface area (Å²) in [6.45, 7) is 3.10. The van der Waals surface area contributed by atoms with Gasteiger partial charge in [-0.25, -0.2) is 4.79 Å². The highest BCUT2D eigenvalue weighted by Crippen LogP contribution is 2.33. The highest BCUT2D eigenvalue weighted by Gasteiger charge is 2.28. The Bertz CT molecular complexity index is 722. The number of para-hydroxylation sites is 1. The molecule has 0 spiro atoms. The smallest absolute Gasteiger partial charge is 0.321 e. The van der Waals surface area contributed by atoms with Gasteiger partial charge in [-0.1, -0.05) is 18.2 Å². The summed E-state index contributed by atoms with van der Waals surface area (Å²) in [5.74, 6) is -0.286. The number of carbonyl (C=O) groups is 2. The predicted molar refractivity (Wildman–Crippen MR) is 84.6 cm³/mol. The Morgan fingerprint density at radius 3 is 2.91 bits per heavy atom. The van der Waals surface area contributed by atoms with E-state index in [9.17, 15) is 9.59 Å². The number of nitrogens with zero attached hydrogens (tertiary/aromatic N) is 1. The van der Waals surface area contributed by atoms with Crippen molar-refractivity contribution in [1.29, 1.82) is 0 Å². The molecule has 1 aliphatic rings. The number of amides is 3. The van der Waals surface area contributed by atoms with Gasteiger partial charge in [-0.2, -0.15) is 0 Å². The predicted octanol–water partition coefficient (Wildman–Crippen LogP) is 1.54. The first-order valence-electron chi connectivity index (χ1n) is 7.45. The van der Waals surface area contributed by atoms with Crippen LogP contribution in [0.25, 0.3) is 10.9 Å². The minimum absolute atomic E-state index is 0.117. The molecule has 1 unspecified atom stereocenters. The summed E-state index contributed by atoms with van der Waals surface area (Å²) in [7, 11) is 1.49. The van der Waals surface area contributed by atoms with Crippen LogP contribution < -0.4 is 10.6 Å². The molecule has 2 aromatic rings. The van der Waals surface area contributed by atoms with Crippen LogP contribution in [-0.4, -0.2) is 42.0 Å². The molecule has 22 heavy (non-hydrogen) atoms. The second kappa shape index (κ2) is 5.81. The number of urea groups is 1. The Balaban J connectivity index is 1.78. The number of nitrogens with one attached hydrogen (secondary N) is 3. The van der Waals surface area contributed by atoms with E-state index in [1.807, 2.05) is 12.1 Å². The van der Waals surface area contributed by atoms with Crippen molar-refractivity contribution in [3.05, 3.63) is 35.5 Å². The minimum Gasteiger partial charge on any atom is -0.357 e. The largest absolute Gasteiger partial charge is 0.357 e. The normalized spacial score (nSPS) is 18.0. The number of carbonyl (C=O) groups excluding carboxylic acids is 2. The molecule has 1 atom stereocenters. The Labute approximate surface area is 128 Å². The molecule has 2 heterocycles. The molecule has 3 rings (SSSR count). The van der Waals surface area contributed by atoms with Crippen LogP contribution in [0, 0.1) is 0 Å². The van der Waals surface area contributed by atoms with Gasteiger partial charge >= 0.3 is 6.03 Å². The van der Waals surface area contributed by atoms with Crippen molar-refractivity contribution in [2.24, 2.45) is 0 Å². The molecule has 0 saturated carbocycles. The molecule has 3 N–H and O–H groups in total. The highest BCUT2D eigenvalue weighted by atomic mass is 16.2.